The van der Waals surface area contributed by atoms with E-state index >= 15 is 0 Å². The highest BCUT2D eigenvalue weighted by molar-refractivity contribution is 7.09. The van der Waals surface area contributed by atoms with E-state index < -0.39 is 39.9 Å². The highest BCUT2D eigenvalue weighted by atomic mass is 35.5. The second-order valence-corrected chi connectivity index (χ2v) is 8.76. The van der Waals surface area contributed by atoms with E-state index in [1.54, 1.807) is 0 Å². The molecule has 2 aromatic rings. The zero-order chi connectivity index (χ0) is 21.7. The van der Waals surface area contributed by atoms with Crippen molar-refractivity contribution in [2.24, 2.45) is 0 Å². The molecule has 3 aliphatic rings. The van der Waals surface area contributed by atoms with Crippen molar-refractivity contribution in [1.82, 2.24) is 15.6 Å². The highest BCUT2D eigenvalue weighted by Crippen LogP contribution is 2.60. The number of hydrogen-bond donors (Lipinski definition) is 2. The van der Waals surface area contributed by atoms with Gasteiger partial charge in [0.1, 0.15) is 17.3 Å². The molecule has 12 heteroatoms. The number of hydrogen-bond acceptors (Lipinski definition) is 5. The molecule has 5 rings (SSSR count). The van der Waals surface area contributed by atoms with Crippen LogP contribution in [0.15, 0.2) is 23.6 Å². The van der Waals surface area contributed by atoms with Gasteiger partial charge in [0.05, 0.1) is 5.02 Å². The monoisotopic (exact) mass is 463 g/mol. The minimum Gasteiger partial charge on any atom is -0.484 e. The normalized spacial score (nSPS) is 24.4. The van der Waals surface area contributed by atoms with Gasteiger partial charge in [-0.25, -0.2) is 9.37 Å². The van der Waals surface area contributed by atoms with E-state index in [2.05, 4.69) is 15.6 Å². The van der Waals surface area contributed by atoms with Gasteiger partial charge in [-0.05, 0) is 31.4 Å². The number of nitrogens with one attached hydrogen (secondary N) is 2. The van der Waals surface area contributed by atoms with Crippen LogP contribution in [0.4, 0.5) is 17.6 Å². The number of nitrogens with zero attached hydrogens (tertiary/aromatic N) is 1. The summed E-state index contributed by atoms with van der Waals surface area (Å²) in [6.07, 6.45) is -3.20. The average molecular weight is 464 g/mol. The average Bonchev–Trinajstić information content (AvgIpc) is 3.10. The fourth-order valence-electron chi connectivity index (χ4n) is 3.91. The van der Waals surface area contributed by atoms with Gasteiger partial charge < -0.3 is 15.4 Å². The smallest absolute Gasteiger partial charge is 0.443 e. The molecule has 0 radical (unpaired) electrons. The number of amides is 2. The Morgan fingerprint density at radius 3 is 2.47 bits per heavy atom. The molecule has 0 spiro atoms. The lowest BCUT2D eigenvalue weighted by atomic mass is 9.44. The predicted octanol–water partition coefficient (Wildman–Crippen LogP) is 3.55. The van der Waals surface area contributed by atoms with Gasteiger partial charge in [-0.2, -0.15) is 13.2 Å². The minimum absolute atomic E-state index is 0.0553. The van der Waals surface area contributed by atoms with Gasteiger partial charge in [-0.3, -0.25) is 9.59 Å². The number of rotatable bonds is 6. The third-order valence-electron chi connectivity index (χ3n) is 5.05. The van der Waals surface area contributed by atoms with E-state index in [1.165, 1.54) is 12.1 Å². The molecule has 3 aliphatic carbocycles. The van der Waals surface area contributed by atoms with Crippen LogP contribution in [-0.4, -0.2) is 34.5 Å². The quantitative estimate of drug-likeness (QED) is 0.642. The number of carbonyl (C=O) groups is 2. The summed E-state index contributed by atoms with van der Waals surface area (Å²) in [6, 6.07) is 3.83. The largest absolute Gasteiger partial charge is 0.484 e. The maximum Gasteiger partial charge on any atom is 0.443 e. The summed E-state index contributed by atoms with van der Waals surface area (Å²) in [6.45, 7) is -0.318. The van der Waals surface area contributed by atoms with Gasteiger partial charge in [0.25, 0.3) is 11.8 Å². The molecule has 30 heavy (non-hydrogen) atoms. The Bertz CT molecular complexity index is 1010. The SMILES string of the molecule is O=C(COc1ccc(Cl)c(F)c1)NC12CC(NC(=O)c3csc(C(F)(F)F)n3)(C1)C2. The van der Waals surface area contributed by atoms with Crippen LogP contribution < -0.4 is 15.4 Å². The summed E-state index contributed by atoms with van der Waals surface area (Å²) in [5, 5.41) is 5.47. The van der Waals surface area contributed by atoms with Gasteiger partial charge in [0.15, 0.2) is 11.6 Å². The van der Waals surface area contributed by atoms with Crippen molar-refractivity contribution in [2.75, 3.05) is 6.61 Å². The highest BCUT2D eigenvalue weighted by Gasteiger charge is 2.69. The van der Waals surface area contributed by atoms with Crippen molar-refractivity contribution >= 4 is 34.8 Å². The van der Waals surface area contributed by atoms with E-state index in [4.69, 9.17) is 16.3 Å². The summed E-state index contributed by atoms with van der Waals surface area (Å²) in [7, 11) is 0. The molecule has 1 aromatic carbocycles. The molecular formula is C18H14ClF4N3O3S. The van der Waals surface area contributed by atoms with Crippen molar-refractivity contribution in [3.8, 4) is 5.75 Å². The summed E-state index contributed by atoms with van der Waals surface area (Å²) < 4.78 is 56.4. The second kappa shape index (κ2) is 7.09. The first-order valence-electron chi connectivity index (χ1n) is 8.73. The van der Waals surface area contributed by atoms with Crippen molar-refractivity contribution < 1.29 is 31.9 Å². The Kier molecular flexibility index (Phi) is 4.93. The van der Waals surface area contributed by atoms with Gasteiger partial charge in [0.2, 0.25) is 0 Å². The van der Waals surface area contributed by atoms with Crippen LogP contribution in [0.25, 0.3) is 0 Å². The minimum atomic E-state index is -4.59. The molecule has 2 amide bonds. The third kappa shape index (κ3) is 3.95. The molecule has 0 atom stereocenters. The number of ether oxygens (including phenoxy) is 1. The van der Waals surface area contributed by atoms with E-state index in [9.17, 15) is 27.2 Å². The molecule has 3 saturated carbocycles. The van der Waals surface area contributed by atoms with Crippen molar-refractivity contribution in [2.45, 2.75) is 36.5 Å². The van der Waals surface area contributed by atoms with Crippen molar-refractivity contribution in [1.29, 1.82) is 0 Å². The van der Waals surface area contributed by atoms with E-state index in [-0.39, 0.29) is 23.1 Å². The number of benzene rings is 1. The number of thiazole rings is 1. The lowest BCUT2D eigenvalue weighted by molar-refractivity contribution is -0.141. The van der Waals surface area contributed by atoms with Crippen LogP contribution in [0.3, 0.4) is 0 Å². The molecule has 2 N–H and O–H groups in total. The predicted molar refractivity (Wildman–Crippen MR) is 98.9 cm³/mol. The topological polar surface area (TPSA) is 80.3 Å². The molecule has 2 bridgehead atoms. The Morgan fingerprint density at radius 2 is 1.87 bits per heavy atom. The van der Waals surface area contributed by atoms with Crippen LogP contribution in [0.2, 0.25) is 5.02 Å². The molecule has 160 valence electrons. The maximum absolute atomic E-state index is 13.4. The maximum atomic E-state index is 13.4. The van der Waals surface area contributed by atoms with Crippen LogP contribution in [0, 0.1) is 5.82 Å². The van der Waals surface area contributed by atoms with Gasteiger partial charge in [0, 0.05) is 22.5 Å². The number of halogens is 5. The number of carbonyl (C=O) groups excluding carboxylic acids is 2. The fourth-order valence-corrected chi connectivity index (χ4v) is 4.70. The van der Waals surface area contributed by atoms with Crippen molar-refractivity contribution in [3.05, 3.63) is 45.1 Å². The molecule has 0 saturated heterocycles. The first-order chi connectivity index (χ1) is 14.0. The molecule has 0 aliphatic heterocycles. The summed E-state index contributed by atoms with van der Waals surface area (Å²) >= 11 is 5.94. The zero-order valence-corrected chi connectivity index (χ0v) is 16.7. The van der Waals surface area contributed by atoms with Crippen molar-refractivity contribution in [3.63, 3.8) is 0 Å². The molecule has 6 nitrogen and oxygen atoms in total. The van der Waals surface area contributed by atoms with E-state index in [0.717, 1.165) is 11.4 Å². The van der Waals surface area contributed by atoms with Crippen LogP contribution in [0.5, 0.6) is 5.75 Å². The van der Waals surface area contributed by atoms with Gasteiger partial charge in [-0.1, -0.05) is 11.6 Å². The van der Waals surface area contributed by atoms with E-state index in [0.29, 0.717) is 30.6 Å². The number of alkyl halides is 3. The Hall–Kier alpha value is -2.40. The zero-order valence-electron chi connectivity index (χ0n) is 15.1. The second-order valence-electron chi connectivity index (χ2n) is 7.49. The molecular weight excluding hydrogens is 450 g/mol. The fraction of sp³-hybridized carbons (Fsp3) is 0.389. The van der Waals surface area contributed by atoms with Gasteiger partial charge in [-0.15, -0.1) is 11.3 Å². The van der Waals surface area contributed by atoms with Crippen LogP contribution >= 0.6 is 22.9 Å². The summed E-state index contributed by atoms with van der Waals surface area (Å²) in [5.74, 6) is -1.57. The van der Waals surface area contributed by atoms with Gasteiger partial charge >= 0.3 is 6.18 Å². The van der Waals surface area contributed by atoms with Crippen LogP contribution in [0.1, 0.15) is 34.8 Å². The molecule has 1 aromatic heterocycles. The summed E-state index contributed by atoms with van der Waals surface area (Å²) in [4.78, 5) is 27.6. The summed E-state index contributed by atoms with van der Waals surface area (Å²) in [5.41, 5.74) is -1.30. The van der Waals surface area contributed by atoms with E-state index in [1.807, 2.05) is 0 Å². The lowest BCUT2D eigenvalue weighted by Crippen LogP contribution is -2.84. The molecule has 0 unspecified atom stereocenters. The first kappa shape index (κ1) is 20.9. The molecule has 3 fully saturated rings. The standard InChI is InChI=1S/C18H14ClF4N3O3S/c19-10-2-1-9(3-11(10)20)29-4-13(27)25-16-6-17(7-16,8-16)26-14(28)12-5-30-15(24-12)18(21,22)23/h1-3,5H,4,6-8H2,(H,25,27)(H,26,28). The first-order valence-corrected chi connectivity index (χ1v) is 9.99. The Labute approximate surface area is 176 Å². The lowest BCUT2D eigenvalue weighted by Gasteiger charge is -2.70. The third-order valence-corrected chi connectivity index (χ3v) is 6.25. The Morgan fingerprint density at radius 1 is 1.20 bits per heavy atom. The van der Waals surface area contributed by atoms with Crippen LogP contribution in [-0.2, 0) is 11.0 Å². The Balaban J connectivity index is 1.24. The number of aromatic nitrogens is 1. The molecule has 1 heterocycles.